The first-order chi connectivity index (χ1) is 10.6. The van der Waals surface area contributed by atoms with Gasteiger partial charge in [0.1, 0.15) is 5.76 Å². The Labute approximate surface area is 128 Å². The molecule has 0 fully saturated rings. The van der Waals surface area contributed by atoms with Crippen molar-refractivity contribution in [3.63, 3.8) is 0 Å². The van der Waals surface area contributed by atoms with E-state index in [1.165, 1.54) is 5.56 Å². The highest BCUT2D eigenvalue weighted by molar-refractivity contribution is 5.54. The minimum Gasteiger partial charge on any atom is -0.361 e. The Kier molecular flexibility index (Phi) is 3.97. The van der Waals surface area contributed by atoms with Crippen LogP contribution in [0.4, 0.5) is 0 Å². The van der Waals surface area contributed by atoms with Crippen molar-refractivity contribution in [3.8, 4) is 11.4 Å². The molecule has 0 radical (unpaired) electrons. The van der Waals surface area contributed by atoms with Crippen molar-refractivity contribution >= 4 is 0 Å². The summed E-state index contributed by atoms with van der Waals surface area (Å²) in [4.78, 5) is 2.23. The van der Waals surface area contributed by atoms with Gasteiger partial charge in [0.15, 0.2) is 0 Å². The van der Waals surface area contributed by atoms with Crippen LogP contribution < -0.4 is 0 Å². The Morgan fingerprint density at radius 3 is 2.50 bits per heavy atom. The maximum atomic E-state index is 5.20. The largest absolute Gasteiger partial charge is 0.361 e. The zero-order valence-corrected chi connectivity index (χ0v) is 12.9. The van der Waals surface area contributed by atoms with E-state index in [1.807, 2.05) is 26.0 Å². The Balaban J connectivity index is 1.65. The first-order valence-electron chi connectivity index (χ1n) is 7.06. The third-order valence-corrected chi connectivity index (χ3v) is 3.62. The number of rotatable bonds is 5. The first kappa shape index (κ1) is 14.4. The molecule has 7 heteroatoms. The van der Waals surface area contributed by atoms with Crippen molar-refractivity contribution in [2.24, 2.45) is 0 Å². The van der Waals surface area contributed by atoms with E-state index in [9.17, 15) is 0 Å². The second-order valence-corrected chi connectivity index (χ2v) is 5.41. The molecule has 0 saturated carbocycles. The monoisotopic (exact) mass is 298 g/mol. The number of nitrogens with one attached hydrogen (secondary N) is 1. The summed E-state index contributed by atoms with van der Waals surface area (Å²) in [5.74, 6) is 1.49. The SMILES string of the molecule is Cc1noc(C)c1CN(C)Cc1ccc(-c2nn[nH]n2)cc1. The summed E-state index contributed by atoms with van der Waals surface area (Å²) in [5, 5.41) is 18.0. The summed E-state index contributed by atoms with van der Waals surface area (Å²) in [6.45, 7) is 5.58. The topological polar surface area (TPSA) is 83.7 Å². The molecule has 0 saturated heterocycles. The fourth-order valence-electron chi connectivity index (χ4n) is 2.41. The van der Waals surface area contributed by atoms with E-state index in [0.717, 1.165) is 35.7 Å². The second kappa shape index (κ2) is 6.07. The van der Waals surface area contributed by atoms with E-state index in [4.69, 9.17) is 4.52 Å². The predicted molar refractivity (Wildman–Crippen MR) is 80.8 cm³/mol. The minimum atomic E-state index is 0.607. The molecule has 1 aromatic carbocycles. The van der Waals surface area contributed by atoms with Crippen LogP contribution in [0.25, 0.3) is 11.4 Å². The standard InChI is InChI=1S/C15H18N6O/c1-10-14(11(2)22-18-10)9-21(3)8-12-4-6-13(7-5-12)15-16-19-20-17-15/h4-7H,8-9H2,1-3H3,(H,16,17,19,20). The van der Waals surface area contributed by atoms with Crippen LogP contribution >= 0.6 is 0 Å². The molecule has 0 bridgehead atoms. The molecule has 0 aliphatic carbocycles. The maximum absolute atomic E-state index is 5.20. The van der Waals surface area contributed by atoms with Gasteiger partial charge in [0.25, 0.3) is 0 Å². The van der Waals surface area contributed by atoms with Gasteiger partial charge in [-0.25, -0.2) is 0 Å². The van der Waals surface area contributed by atoms with Gasteiger partial charge in [-0.3, -0.25) is 4.90 Å². The summed E-state index contributed by atoms with van der Waals surface area (Å²) >= 11 is 0. The molecule has 0 aliphatic heterocycles. The highest BCUT2D eigenvalue weighted by Crippen LogP contribution is 2.17. The van der Waals surface area contributed by atoms with Gasteiger partial charge in [0.2, 0.25) is 5.82 Å². The average molecular weight is 298 g/mol. The summed E-state index contributed by atoms with van der Waals surface area (Å²) in [5.41, 5.74) is 4.29. The average Bonchev–Trinajstić information content (AvgIpc) is 3.14. The van der Waals surface area contributed by atoms with Crippen molar-refractivity contribution < 1.29 is 4.52 Å². The van der Waals surface area contributed by atoms with Crippen LogP contribution in [0.15, 0.2) is 28.8 Å². The van der Waals surface area contributed by atoms with Crippen molar-refractivity contribution in [1.82, 2.24) is 30.7 Å². The van der Waals surface area contributed by atoms with Crippen LogP contribution in [0.1, 0.15) is 22.6 Å². The van der Waals surface area contributed by atoms with E-state index in [2.05, 4.69) is 49.9 Å². The number of nitrogens with zero attached hydrogens (tertiary/aromatic N) is 5. The Morgan fingerprint density at radius 1 is 1.14 bits per heavy atom. The van der Waals surface area contributed by atoms with Gasteiger partial charge in [-0.1, -0.05) is 29.4 Å². The quantitative estimate of drug-likeness (QED) is 0.776. The van der Waals surface area contributed by atoms with E-state index in [0.29, 0.717) is 5.82 Å². The Morgan fingerprint density at radius 2 is 1.91 bits per heavy atom. The van der Waals surface area contributed by atoms with Crippen LogP contribution in [0.5, 0.6) is 0 Å². The molecular formula is C15H18N6O. The molecular weight excluding hydrogens is 280 g/mol. The summed E-state index contributed by atoms with van der Waals surface area (Å²) < 4.78 is 5.20. The molecule has 0 unspecified atom stereocenters. The number of H-pyrrole nitrogens is 1. The lowest BCUT2D eigenvalue weighted by atomic mass is 10.1. The third-order valence-electron chi connectivity index (χ3n) is 3.62. The van der Waals surface area contributed by atoms with E-state index in [1.54, 1.807) is 0 Å². The highest BCUT2D eigenvalue weighted by atomic mass is 16.5. The van der Waals surface area contributed by atoms with Crippen LogP contribution in [0.2, 0.25) is 0 Å². The number of benzene rings is 1. The van der Waals surface area contributed by atoms with Crippen LogP contribution in [-0.4, -0.2) is 37.7 Å². The second-order valence-electron chi connectivity index (χ2n) is 5.41. The number of aromatic amines is 1. The molecule has 2 aromatic heterocycles. The molecule has 0 aliphatic rings. The third kappa shape index (κ3) is 3.04. The van der Waals surface area contributed by atoms with E-state index < -0.39 is 0 Å². The van der Waals surface area contributed by atoms with Gasteiger partial charge >= 0.3 is 0 Å². The van der Waals surface area contributed by atoms with Crippen LogP contribution in [0.3, 0.4) is 0 Å². The van der Waals surface area contributed by atoms with Gasteiger partial charge in [0, 0.05) is 24.2 Å². The molecule has 3 rings (SSSR count). The number of aryl methyl sites for hydroxylation is 2. The zero-order chi connectivity index (χ0) is 15.5. The molecule has 22 heavy (non-hydrogen) atoms. The fraction of sp³-hybridized carbons (Fsp3) is 0.333. The summed E-state index contributed by atoms with van der Waals surface area (Å²) in [6, 6.07) is 8.17. The zero-order valence-electron chi connectivity index (χ0n) is 12.9. The van der Waals surface area contributed by atoms with Gasteiger partial charge in [-0.05, 0) is 31.7 Å². The summed E-state index contributed by atoms with van der Waals surface area (Å²) in [7, 11) is 2.08. The lowest BCUT2D eigenvalue weighted by Crippen LogP contribution is -2.17. The lowest BCUT2D eigenvalue weighted by molar-refractivity contribution is 0.315. The number of hydrogen-bond donors (Lipinski definition) is 1. The van der Waals surface area contributed by atoms with Gasteiger partial charge in [-0.2, -0.15) is 5.21 Å². The first-order valence-corrected chi connectivity index (χ1v) is 7.06. The van der Waals surface area contributed by atoms with E-state index in [-0.39, 0.29) is 0 Å². The van der Waals surface area contributed by atoms with Crippen molar-refractivity contribution in [2.75, 3.05) is 7.05 Å². The normalized spacial score (nSPS) is 11.3. The van der Waals surface area contributed by atoms with Crippen molar-refractivity contribution in [2.45, 2.75) is 26.9 Å². The van der Waals surface area contributed by atoms with E-state index >= 15 is 0 Å². The van der Waals surface area contributed by atoms with Crippen LogP contribution in [-0.2, 0) is 13.1 Å². The van der Waals surface area contributed by atoms with Crippen molar-refractivity contribution in [3.05, 3.63) is 46.8 Å². The summed E-state index contributed by atoms with van der Waals surface area (Å²) in [6.07, 6.45) is 0. The number of tetrazole rings is 1. The Hall–Kier alpha value is -2.54. The molecule has 114 valence electrons. The highest BCUT2D eigenvalue weighted by Gasteiger charge is 2.12. The molecule has 7 nitrogen and oxygen atoms in total. The smallest absolute Gasteiger partial charge is 0.204 e. The lowest BCUT2D eigenvalue weighted by Gasteiger charge is -2.16. The molecule has 0 atom stereocenters. The minimum absolute atomic E-state index is 0.607. The molecule has 1 N–H and O–H groups in total. The van der Waals surface area contributed by atoms with Gasteiger partial charge < -0.3 is 4.52 Å². The molecule has 2 heterocycles. The predicted octanol–water partition coefficient (Wildman–Crippen LogP) is 2.10. The van der Waals surface area contributed by atoms with Crippen LogP contribution in [0, 0.1) is 13.8 Å². The number of aromatic nitrogens is 5. The number of hydrogen-bond acceptors (Lipinski definition) is 6. The van der Waals surface area contributed by atoms with Crippen molar-refractivity contribution in [1.29, 1.82) is 0 Å². The van der Waals surface area contributed by atoms with Gasteiger partial charge in [0.05, 0.1) is 5.69 Å². The fourth-order valence-corrected chi connectivity index (χ4v) is 2.41. The Bertz CT molecular complexity index is 712. The van der Waals surface area contributed by atoms with Gasteiger partial charge in [-0.15, -0.1) is 10.2 Å². The molecule has 0 spiro atoms. The maximum Gasteiger partial charge on any atom is 0.204 e. The molecule has 3 aromatic rings. The molecule has 0 amide bonds.